The summed E-state index contributed by atoms with van der Waals surface area (Å²) in [5.74, 6) is -0.278. The van der Waals surface area contributed by atoms with Crippen LogP contribution in [0, 0.1) is 17.8 Å². The Morgan fingerprint density at radius 2 is 2.08 bits per heavy atom. The van der Waals surface area contributed by atoms with Gasteiger partial charge >= 0.3 is 5.97 Å². The van der Waals surface area contributed by atoms with Gasteiger partial charge in [-0.15, -0.1) is 0 Å². The number of ether oxygens (including phenoxy) is 1. The Labute approximate surface area is 148 Å². The third-order valence-corrected chi connectivity index (χ3v) is 5.46. The first-order valence-corrected chi connectivity index (χ1v) is 9.00. The van der Waals surface area contributed by atoms with Crippen molar-refractivity contribution in [2.45, 2.75) is 63.4 Å². The second kappa shape index (κ2) is 8.94. The lowest BCUT2D eigenvalue weighted by atomic mass is 9.66. The van der Waals surface area contributed by atoms with Gasteiger partial charge in [0.25, 0.3) is 0 Å². The van der Waals surface area contributed by atoms with E-state index in [4.69, 9.17) is 9.84 Å². The SMILES string of the molecule is CO[C@H]1C[C@H](O)C=C2C=C[C@H](C)[C@H](CC[C@@H](O)C[C@@H](O)CC(=O)O)C21. The summed E-state index contributed by atoms with van der Waals surface area (Å²) in [4.78, 5) is 10.6. The lowest BCUT2D eigenvalue weighted by Crippen LogP contribution is -2.41. The molecule has 1 unspecified atom stereocenters. The molecule has 6 heteroatoms. The molecule has 0 radical (unpaired) electrons. The van der Waals surface area contributed by atoms with Gasteiger partial charge in [-0.1, -0.05) is 25.2 Å². The Bertz CT molecular complexity index is 514. The molecule has 0 heterocycles. The van der Waals surface area contributed by atoms with Crippen LogP contribution in [0.2, 0.25) is 0 Å². The van der Waals surface area contributed by atoms with Crippen molar-refractivity contribution in [1.29, 1.82) is 0 Å². The molecule has 7 atom stereocenters. The second-order valence-electron chi connectivity index (χ2n) is 7.37. The highest BCUT2D eigenvalue weighted by molar-refractivity contribution is 5.67. The first kappa shape index (κ1) is 20.1. The minimum atomic E-state index is -1.07. The van der Waals surface area contributed by atoms with E-state index in [1.54, 1.807) is 7.11 Å². The van der Waals surface area contributed by atoms with Gasteiger partial charge in [0.1, 0.15) is 0 Å². The first-order valence-electron chi connectivity index (χ1n) is 9.00. The Kier molecular flexibility index (Phi) is 7.19. The lowest BCUT2D eigenvalue weighted by Gasteiger charge is -2.42. The predicted octanol–water partition coefficient (Wildman–Crippen LogP) is 1.50. The van der Waals surface area contributed by atoms with Gasteiger partial charge in [0.2, 0.25) is 0 Å². The van der Waals surface area contributed by atoms with Gasteiger partial charge in [-0.05, 0) is 36.7 Å². The standard InChI is InChI=1S/C19H30O6/c1-11-3-4-12-7-14(21)9-17(25-2)19(12)16(11)6-5-13(20)8-15(22)10-18(23)24/h3-4,7,11,13-17,19-22H,5-6,8-10H2,1-2H3,(H,23,24)/t11-,13+,14+,15+,16-,17-,19?/m0/s1. The number of carboxylic acids is 1. The van der Waals surface area contributed by atoms with E-state index >= 15 is 0 Å². The van der Waals surface area contributed by atoms with Gasteiger partial charge < -0.3 is 25.2 Å². The van der Waals surface area contributed by atoms with Crippen LogP contribution >= 0.6 is 0 Å². The summed E-state index contributed by atoms with van der Waals surface area (Å²) in [5.41, 5.74) is 1.09. The molecular formula is C19H30O6. The van der Waals surface area contributed by atoms with Crippen molar-refractivity contribution in [3.63, 3.8) is 0 Å². The highest BCUT2D eigenvalue weighted by Gasteiger charge is 2.40. The molecule has 0 spiro atoms. The molecule has 4 N–H and O–H groups in total. The van der Waals surface area contributed by atoms with Crippen LogP contribution < -0.4 is 0 Å². The van der Waals surface area contributed by atoms with E-state index in [2.05, 4.69) is 19.1 Å². The molecule has 0 saturated heterocycles. The van der Waals surface area contributed by atoms with Crippen LogP contribution in [-0.2, 0) is 9.53 Å². The third kappa shape index (κ3) is 5.38. The predicted molar refractivity (Wildman–Crippen MR) is 92.9 cm³/mol. The number of hydrogen-bond acceptors (Lipinski definition) is 5. The average Bonchev–Trinajstić information content (AvgIpc) is 2.52. The largest absolute Gasteiger partial charge is 0.481 e. The van der Waals surface area contributed by atoms with Gasteiger partial charge in [-0.25, -0.2) is 0 Å². The van der Waals surface area contributed by atoms with E-state index in [-0.39, 0.29) is 30.8 Å². The Morgan fingerprint density at radius 1 is 1.36 bits per heavy atom. The molecule has 6 nitrogen and oxygen atoms in total. The minimum Gasteiger partial charge on any atom is -0.481 e. The molecule has 0 aliphatic heterocycles. The van der Waals surface area contributed by atoms with Crippen LogP contribution in [0.15, 0.2) is 23.8 Å². The Morgan fingerprint density at radius 3 is 2.72 bits per heavy atom. The van der Waals surface area contributed by atoms with Gasteiger partial charge in [-0.3, -0.25) is 4.79 Å². The normalized spacial score (nSPS) is 34.1. The summed E-state index contributed by atoms with van der Waals surface area (Å²) in [6, 6.07) is 0. The second-order valence-corrected chi connectivity index (χ2v) is 7.37. The number of methoxy groups -OCH3 is 1. The van der Waals surface area contributed by atoms with E-state index in [1.165, 1.54) is 0 Å². The van der Waals surface area contributed by atoms with Crippen LogP contribution in [0.5, 0.6) is 0 Å². The quantitative estimate of drug-likeness (QED) is 0.526. The maximum absolute atomic E-state index is 10.6. The minimum absolute atomic E-state index is 0.0536. The number of aliphatic hydroxyl groups is 3. The van der Waals surface area contributed by atoms with Gasteiger partial charge in [0.05, 0.1) is 30.8 Å². The molecule has 2 rings (SSSR count). The number of carboxylic acid groups (broad SMARTS) is 1. The summed E-state index contributed by atoms with van der Waals surface area (Å²) in [6.45, 7) is 2.14. The molecule has 2 aliphatic rings. The summed E-state index contributed by atoms with van der Waals surface area (Å²) < 4.78 is 5.62. The fraction of sp³-hybridized carbons (Fsp3) is 0.737. The van der Waals surface area contributed by atoms with E-state index in [1.807, 2.05) is 6.08 Å². The smallest absolute Gasteiger partial charge is 0.305 e. The molecule has 0 aromatic heterocycles. The highest BCUT2D eigenvalue weighted by atomic mass is 16.5. The summed E-state index contributed by atoms with van der Waals surface area (Å²) >= 11 is 0. The van der Waals surface area contributed by atoms with Crippen molar-refractivity contribution in [1.82, 2.24) is 0 Å². The van der Waals surface area contributed by atoms with E-state index in [0.717, 1.165) is 12.0 Å². The number of hydrogen-bond donors (Lipinski definition) is 4. The van der Waals surface area contributed by atoms with Crippen molar-refractivity contribution in [2.75, 3.05) is 7.11 Å². The third-order valence-electron chi connectivity index (χ3n) is 5.46. The number of allylic oxidation sites excluding steroid dienone is 2. The molecule has 0 aromatic carbocycles. The molecule has 25 heavy (non-hydrogen) atoms. The Balaban J connectivity index is 1.98. The topological polar surface area (TPSA) is 107 Å². The average molecular weight is 354 g/mol. The fourth-order valence-electron chi connectivity index (χ4n) is 4.21. The molecule has 0 fully saturated rings. The molecule has 0 saturated carbocycles. The van der Waals surface area contributed by atoms with Crippen LogP contribution in [0.4, 0.5) is 0 Å². The van der Waals surface area contributed by atoms with E-state index in [0.29, 0.717) is 18.8 Å². The molecule has 0 amide bonds. The molecule has 2 aliphatic carbocycles. The van der Waals surface area contributed by atoms with Crippen molar-refractivity contribution in [2.24, 2.45) is 17.8 Å². The summed E-state index contributed by atoms with van der Waals surface area (Å²) in [7, 11) is 1.66. The molecular weight excluding hydrogens is 324 g/mol. The molecule has 142 valence electrons. The number of rotatable bonds is 8. The number of fused-ring (bicyclic) bond motifs is 1. The number of aliphatic hydroxyl groups excluding tert-OH is 3. The van der Waals surface area contributed by atoms with Crippen LogP contribution in [-0.4, -0.2) is 57.9 Å². The highest BCUT2D eigenvalue weighted by Crippen LogP contribution is 2.43. The molecule has 0 bridgehead atoms. The first-order chi connectivity index (χ1) is 11.8. The van der Waals surface area contributed by atoms with Crippen molar-refractivity contribution < 1.29 is 30.0 Å². The Hall–Kier alpha value is -1.21. The van der Waals surface area contributed by atoms with Gasteiger partial charge in [0.15, 0.2) is 0 Å². The van der Waals surface area contributed by atoms with Crippen molar-refractivity contribution in [3.8, 4) is 0 Å². The number of carbonyl (C=O) groups is 1. The van der Waals surface area contributed by atoms with Gasteiger partial charge in [-0.2, -0.15) is 0 Å². The van der Waals surface area contributed by atoms with Crippen molar-refractivity contribution in [3.05, 3.63) is 23.8 Å². The van der Waals surface area contributed by atoms with E-state index in [9.17, 15) is 20.1 Å². The summed E-state index contributed by atoms with van der Waals surface area (Å²) in [5, 5.41) is 38.5. The monoisotopic (exact) mass is 354 g/mol. The lowest BCUT2D eigenvalue weighted by molar-refractivity contribution is -0.139. The maximum atomic E-state index is 10.6. The maximum Gasteiger partial charge on any atom is 0.305 e. The van der Waals surface area contributed by atoms with Crippen molar-refractivity contribution >= 4 is 5.97 Å². The molecule has 0 aromatic rings. The zero-order valence-corrected chi connectivity index (χ0v) is 14.9. The zero-order valence-electron chi connectivity index (χ0n) is 14.9. The summed E-state index contributed by atoms with van der Waals surface area (Å²) in [6.07, 6.45) is 5.34. The number of aliphatic carboxylic acids is 1. The van der Waals surface area contributed by atoms with Crippen LogP contribution in [0.1, 0.15) is 39.0 Å². The van der Waals surface area contributed by atoms with Crippen LogP contribution in [0.25, 0.3) is 0 Å². The fourth-order valence-corrected chi connectivity index (χ4v) is 4.21. The zero-order chi connectivity index (χ0) is 18.6. The van der Waals surface area contributed by atoms with Gasteiger partial charge in [0, 0.05) is 19.4 Å². The van der Waals surface area contributed by atoms with E-state index < -0.39 is 24.3 Å². The van der Waals surface area contributed by atoms with Crippen LogP contribution in [0.3, 0.4) is 0 Å².